The highest BCUT2D eigenvalue weighted by molar-refractivity contribution is 5.84. The van der Waals surface area contributed by atoms with Crippen LogP contribution in [0.2, 0.25) is 0 Å². The second-order valence-electron chi connectivity index (χ2n) is 3.97. The van der Waals surface area contributed by atoms with E-state index >= 15 is 0 Å². The van der Waals surface area contributed by atoms with Crippen molar-refractivity contribution in [1.29, 1.82) is 0 Å². The van der Waals surface area contributed by atoms with Crippen LogP contribution >= 0.6 is 0 Å². The van der Waals surface area contributed by atoms with Crippen molar-refractivity contribution in [3.05, 3.63) is 36.0 Å². The highest BCUT2D eigenvalue weighted by Gasteiger charge is 2.14. The van der Waals surface area contributed by atoms with Crippen molar-refractivity contribution in [3.63, 3.8) is 0 Å². The van der Waals surface area contributed by atoms with Crippen molar-refractivity contribution in [3.8, 4) is 0 Å². The van der Waals surface area contributed by atoms with Gasteiger partial charge in [0.2, 0.25) is 5.91 Å². The first-order valence-corrected chi connectivity index (χ1v) is 5.28. The SMILES string of the molecule is C[C@@H](Cc1c[nH]c2ccccc12)C(=O)NN. The van der Waals surface area contributed by atoms with Crippen LogP contribution in [0.25, 0.3) is 10.9 Å². The lowest BCUT2D eigenvalue weighted by molar-refractivity contribution is -0.124. The Bertz CT molecular complexity index is 504. The van der Waals surface area contributed by atoms with Crippen LogP contribution in [0.3, 0.4) is 0 Å². The summed E-state index contributed by atoms with van der Waals surface area (Å²) in [6, 6.07) is 8.05. The minimum atomic E-state index is -0.134. The van der Waals surface area contributed by atoms with Gasteiger partial charge in [-0.3, -0.25) is 10.2 Å². The molecular formula is C12H15N3O. The standard InChI is InChI=1S/C12H15N3O/c1-8(12(16)15-13)6-9-7-14-11-5-3-2-4-10(9)11/h2-5,7-8,14H,6,13H2,1H3,(H,15,16)/t8-/m0/s1. The van der Waals surface area contributed by atoms with Gasteiger partial charge in [-0.05, 0) is 18.1 Å². The van der Waals surface area contributed by atoms with Crippen LogP contribution in [0.5, 0.6) is 0 Å². The fourth-order valence-electron chi connectivity index (χ4n) is 1.87. The van der Waals surface area contributed by atoms with E-state index < -0.39 is 0 Å². The minimum absolute atomic E-state index is 0.121. The summed E-state index contributed by atoms with van der Waals surface area (Å²) in [5.41, 5.74) is 4.42. The molecule has 0 aliphatic rings. The number of carbonyl (C=O) groups is 1. The topological polar surface area (TPSA) is 70.9 Å². The van der Waals surface area contributed by atoms with Crippen LogP contribution < -0.4 is 11.3 Å². The summed E-state index contributed by atoms with van der Waals surface area (Å²) in [7, 11) is 0. The molecule has 0 aliphatic carbocycles. The molecule has 0 fully saturated rings. The number of fused-ring (bicyclic) bond motifs is 1. The van der Waals surface area contributed by atoms with Crippen LogP contribution in [0, 0.1) is 5.92 Å². The Kier molecular flexibility index (Phi) is 2.92. The zero-order chi connectivity index (χ0) is 11.5. The molecule has 1 atom stereocenters. The second kappa shape index (κ2) is 4.37. The van der Waals surface area contributed by atoms with E-state index in [1.54, 1.807) is 0 Å². The Balaban J connectivity index is 2.24. The maximum Gasteiger partial charge on any atom is 0.237 e. The molecule has 1 amide bonds. The van der Waals surface area contributed by atoms with Gasteiger partial charge in [0.25, 0.3) is 0 Å². The predicted molar refractivity (Wildman–Crippen MR) is 63.5 cm³/mol. The van der Waals surface area contributed by atoms with E-state index in [-0.39, 0.29) is 11.8 Å². The molecule has 0 spiro atoms. The number of para-hydroxylation sites is 1. The van der Waals surface area contributed by atoms with E-state index in [1.807, 2.05) is 37.4 Å². The number of carbonyl (C=O) groups excluding carboxylic acids is 1. The van der Waals surface area contributed by atoms with Crippen LogP contribution in [-0.2, 0) is 11.2 Å². The van der Waals surface area contributed by atoms with E-state index in [9.17, 15) is 4.79 Å². The van der Waals surface area contributed by atoms with E-state index in [1.165, 1.54) is 5.39 Å². The number of H-pyrrole nitrogens is 1. The van der Waals surface area contributed by atoms with E-state index in [0.717, 1.165) is 11.1 Å². The highest BCUT2D eigenvalue weighted by atomic mass is 16.2. The third kappa shape index (κ3) is 1.92. The first-order valence-electron chi connectivity index (χ1n) is 5.28. The molecule has 4 N–H and O–H groups in total. The highest BCUT2D eigenvalue weighted by Crippen LogP contribution is 2.20. The van der Waals surface area contributed by atoms with Crippen molar-refractivity contribution in [2.45, 2.75) is 13.3 Å². The van der Waals surface area contributed by atoms with Gasteiger partial charge >= 0.3 is 0 Å². The van der Waals surface area contributed by atoms with Gasteiger partial charge in [-0.1, -0.05) is 25.1 Å². The maximum atomic E-state index is 11.3. The molecule has 16 heavy (non-hydrogen) atoms. The molecular weight excluding hydrogens is 202 g/mol. The Morgan fingerprint density at radius 3 is 3.00 bits per heavy atom. The molecule has 0 unspecified atom stereocenters. The largest absolute Gasteiger partial charge is 0.361 e. The summed E-state index contributed by atoms with van der Waals surface area (Å²) in [4.78, 5) is 14.5. The predicted octanol–water partition coefficient (Wildman–Crippen LogP) is 1.34. The van der Waals surface area contributed by atoms with E-state index in [0.29, 0.717) is 6.42 Å². The van der Waals surface area contributed by atoms with Gasteiger partial charge in [0.05, 0.1) is 0 Å². The smallest absolute Gasteiger partial charge is 0.237 e. The van der Waals surface area contributed by atoms with Crippen molar-refractivity contribution in [2.24, 2.45) is 11.8 Å². The Morgan fingerprint density at radius 1 is 1.50 bits per heavy atom. The van der Waals surface area contributed by atoms with E-state index in [4.69, 9.17) is 5.84 Å². The Morgan fingerprint density at radius 2 is 2.25 bits per heavy atom. The summed E-state index contributed by atoms with van der Waals surface area (Å²) in [5.74, 6) is 4.85. The number of benzene rings is 1. The van der Waals surface area contributed by atoms with Crippen molar-refractivity contribution in [2.75, 3.05) is 0 Å². The Labute approximate surface area is 93.8 Å². The van der Waals surface area contributed by atoms with Gasteiger partial charge in [0.1, 0.15) is 0 Å². The quantitative estimate of drug-likeness (QED) is 0.412. The summed E-state index contributed by atoms with van der Waals surface area (Å²) in [6.07, 6.45) is 2.64. The lowest BCUT2D eigenvalue weighted by Gasteiger charge is -2.08. The van der Waals surface area contributed by atoms with Gasteiger partial charge in [0.15, 0.2) is 0 Å². The molecule has 0 aliphatic heterocycles. The monoisotopic (exact) mass is 217 g/mol. The number of amides is 1. The van der Waals surface area contributed by atoms with Crippen LogP contribution in [0.15, 0.2) is 30.5 Å². The maximum absolute atomic E-state index is 11.3. The lowest BCUT2D eigenvalue weighted by atomic mass is 10.0. The molecule has 1 aromatic carbocycles. The first kappa shape index (κ1) is 10.7. The molecule has 4 nitrogen and oxygen atoms in total. The lowest BCUT2D eigenvalue weighted by Crippen LogP contribution is -2.35. The number of aromatic nitrogens is 1. The van der Waals surface area contributed by atoms with Gasteiger partial charge in [-0.15, -0.1) is 0 Å². The van der Waals surface area contributed by atoms with Crippen molar-refractivity contribution in [1.82, 2.24) is 10.4 Å². The summed E-state index contributed by atoms with van der Waals surface area (Å²) in [6.45, 7) is 1.87. The summed E-state index contributed by atoms with van der Waals surface area (Å²) < 4.78 is 0. The van der Waals surface area contributed by atoms with E-state index in [2.05, 4.69) is 10.4 Å². The minimum Gasteiger partial charge on any atom is -0.361 e. The van der Waals surface area contributed by atoms with Crippen molar-refractivity contribution >= 4 is 16.8 Å². The number of hydrazine groups is 1. The zero-order valence-corrected chi connectivity index (χ0v) is 9.16. The molecule has 0 saturated carbocycles. The average Bonchev–Trinajstić information content (AvgIpc) is 2.72. The number of hydrogen-bond acceptors (Lipinski definition) is 2. The van der Waals surface area contributed by atoms with Gasteiger partial charge < -0.3 is 4.98 Å². The molecule has 0 bridgehead atoms. The Hall–Kier alpha value is -1.81. The molecule has 2 rings (SSSR count). The number of aromatic amines is 1. The van der Waals surface area contributed by atoms with Crippen molar-refractivity contribution < 1.29 is 4.79 Å². The van der Waals surface area contributed by atoms with Crippen LogP contribution in [0.4, 0.5) is 0 Å². The fourth-order valence-corrected chi connectivity index (χ4v) is 1.87. The molecule has 0 radical (unpaired) electrons. The molecule has 4 heteroatoms. The third-order valence-corrected chi connectivity index (χ3v) is 2.79. The molecule has 84 valence electrons. The van der Waals surface area contributed by atoms with Gasteiger partial charge in [-0.2, -0.15) is 0 Å². The molecule has 0 saturated heterocycles. The zero-order valence-electron chi connectivity index (χ0n) is 9.16. The molecule has 1 heterocycles. The molecule has 2 aromatic rings. The summed E-state index contributed by atoms with van der Waals surface area (Å²) >= 11 is 0. The normalized spacial score (nSPS) is 12.6. The van der Waals surface area contributed by atoms with Crippen LogP contribution in [0.1, 0.15) is 12.5 Å². The third-order valence-electron chi connectivity index (χ3n) is 2.79. The number of nitrogens with two attached hydrogens (primary N) is 1. The number of nitrogens with one attached hydrogen (secondary N) is 2. The van der Waals surface area contributed by atoms with Gasteiger partial charge in [-0.25, -0.2) is 5.84 Å². The van der Waals surface area contributed by atoms with Crippen LogP contribution in [-0.4, -0.2) is 10.9 Å². The number of rotatable bonds is 3. The van der Waals surface area contributed by atoms with Gasteiger partial charge in [0, 0.05) is 23.0 Å². The first-order chi connectivity index (χ1) is 7.72. The average molecular weight is 217 g/mol. The molecule has 1 aromatic heterocycles. The number of hydrogen-bond donors (Lipinski definition) is 3. The summed E-state index contributed by atoms with van der Waals surface area (Å²) in [5, 5.41) is 1.17. The second-order valence-corrected chi connectivity index (χ2v) is 3.97. The fraction of sp³-hybridized carbons (Fsp3) is 0.250.